The fourth-order valence-corrected chi connectivity index (χ4v) is 4.05. The van der Waals surface area contributed by atoms with Crippen molar-refractivity contribution < 1.29 is 22.9 Å². The van der Waals surface area contributed by atoms with Crippen molar-refractivity contribution in [1.82, 2.24) is 5.32 Å². The molecule has 2 atom stereocenters. The van der Waals surface area contributed by atoms with Crippen molar-refractivity contribution in [2.75, 3.05) is 5.75 Å². The number of nitrogens with one attached hydrogen (secondary N) is 1. The van der Waals surface area contributed by atoms with Gasteiger partial charge in [-0.05, 0) is 64.2 Å². The highest BCUT2D eigenvalue weighted by atomic mass is 32.2. The van der Waals surface area contributed by atoms with Crippen molar-refractivity contribution in [2.24, 2.45) is 0 Å². The molecule has 0 radical (unpaired) electrons. The summed E-state index contributed by atoms with van der Waals surface area (Å²) in [4.78, 5) is 12.3. The SMILES string of the molecule is CC/C=C\C/C=C\C/C=C\C/C=C\CCC(=O)NC(CS(=O)(=O)O)C(O)/C=C/CC/C=C/CC/C=C/CC. The molecule has 2 unspecified atom stereocenters. The molecule has 7 heteroatoms. The molecule has 6 nitrogen and oxygen atoms in total. The topological polar surface area (TPSA) is 104 Å². The van der Waals surface area contributed by atoms with E-state index in [2.05, 4.69) is 79.9 Å². The molecule has 0 aromatic carbocycles. The molecule has 0 spiro atoms. The number of carbonyl (C=O) groups excluding carboxylic acids is 1. The van der Waals surface area contributed by atoms with E-state index in [1.54, 1.807) is 6.08 Å². The number of aliphatic hydroxyl groups is 1. The minimum Gasteiger partial charge on any atom is -0.387 e. The maximum Gasteiger partial charge on any atom is 0.267 e. The summed E-state index contributed by atoms with van der Waals surface area (Å²) in [5.74, 6) is -1.13. The van der Waals surface area contributed by atoms with Gasteiger partial charge in [-0.3, -0.25) is 9.35 Å². The van der Waals surface area contributed by atoms with Crippen LogP contribution < -0.4 is 5.32 Å². The molecule has 1 amide bonds. The van der Waals surface area contributed by atoms with Crippen LogP contribution in [0.15, 0.2) is 85.1 Å². The van der Waals surface area contributed by atoms with Gasteiger partial charge in [-0.25, -0.2) is 0 Å². The third kappa shape index (κ3) is 25.2. The van der Waals surface area contributed by atoms with Crippen molar-refractivity contribution in [2.45, 2.75) is 96.6 Å². The summed E-state index contributed by atoms with van der Waals surface area (Å²) in [6.07, 6.45) is 35.9. The Morgan fingerprint density at radius 1 is 0.684 bits per heavy atom. The van der Waals surface area contributed by atoms with Crippen molar-refractivity contribution in [3.63, 3.8) is 0 Å². The average Bonchev–Trinajstić information content (AvgIpc) is 2.86. The predicted octanol–water partition coefficient (Wildman–Crippen LogP) is 6.94. The van der Waals surface area contributed by atoms with E-state index in [1.165, 1.54) is 6.08 Å². The second kappa shape index (κ2) is 24.8. The maximum absolute atomic E-state index is 12.3. The Labute approximate surface area is 231 Å². The molecule has 38 heavy (non-hydrogen) atoms. The van der Waals surface area contributed by atoms with E-state index >= 15 is 0 Å². The van der Waals surface area contributed by atoms with Gasteiger partial charge in [0.2, 0.25) is 5.91 Å². The monoisotopic (exact) mass is 547 g/mol. The molecule has 0 saturated carbocycles. The van der Waals surface area contributed by atoms with Crippen LogP contribution in [-0.4, -0.2) is 41.9 Å². The Hall–Kier alpha value is -2.48. The largest absolute Gasteiger partial charge is 0.387 e. The highest BCUT2D eigenvalue weighted by Gasteiger charge is 2.24. The van der Waals surface area contributed by atoms with Crippen LogP contribution in [0, 0.1) is 0 Å². The zero-order valence-electron chi connectivity index (χ0n) is 23.3. The van der Waals surface area contributed by atoms with Crippen molar-refractivity contribution >= 4 is 16.0 Å². The van der Waals surface area contributed by atoms with E-state index in [0.29, 0.717) is 12.8 Å². The molecular formula is C31H49NO5S. The zero-order valence-corrected chi connectivity index (χ0v) is 24.1. The summed E-state index contributed by atoms with van der Waals surface area (Å²) < 4.78 is 32.0. The first kappa shape index (κ1) is 35.5. The lowest BCUT2D eigenvalue weighted by atomic mass is 10.1. The third-order valence-electron chi connectivity index (χ3n) is 5.31. The van der Waals surface area contributed by atoms with Crippen molar-refractivity contribution in [1.29, 1.82) is 0 Å². The van der Waals surface area contributed by atoms with Gasteiger partial charge in [-0.2, -0.15) is 8.42 Å². The lowest BCUT2D eigenvalue weighted by Gasteiger charge is -2.20. The van der Waals surface area contributed by atoms with Crippen LogP contribution in [0.5, 0.6) is 0 Å². The Morgan fingerprint density at radius 2 is 1.11 bits per heavy atom. The molecular weight excluding hydrogens is 498 g/mol. The van der Waals surface area contributed by atoms with E-state index in [0.717, 1.165) is 51.4 Å². The minimum atomic E-state index is -4.37. The second-order valence-corrected chi connectivity index (χ2v) is 10.4. The third-order valence-corrected chi connectivity index (χ3v) is 6.09. The second-order valence-electron chi connectivity index (χ2n) is 8.89. The number of hydrogen-bond acceptors (Lipinski definition) is 4. The molecule has 0 bridgehead atoms. The highest BCUT2D eigenvalue weighted by molar-refractivity contribution is 7.85. The van der Waals surface area contributed by atoms with Crippen LogP contribution >= 0.6 is 0 Å². The molecule has 0 saturated heterocycles. The van der Waals surface area contributed by atoms with Crippen LogP contribution in [0.4, 0.5) is 0 Å². The zero-order chi connectivity index (χ0) is 28.3. The Morgan fingerprint density at radius 3 is 1.63 bits per heavy atom. The molecule has 0 aliphatic carbocycles. The van der Waals surface area contributed by atoms with Crippen LogP contribution in [0.25, 0.3) is 0 Å². The highest BCUT2D eigenvalue weighted by Crippen LogP contribution is 2.05. The van der Waals surface area contributed by atoms with E-state index in [4.69, 9.17) is 0 Å². The van der Waals surface area contributed by atoms with Crippen LogP contribution in [0.3, 0.4) is 0 Å². The first-order chi connectivity index (χ1) is 18.3. The molecule has 0 rings (SSSR count). The number of carbonyl (C=O) groups is 1. The number of aliphatic hydroxyl groups excluding tert-OH is 1. The number of rotatable bonds is 22. The van der Waals surface area contributed by atoms with E-state index < -0.39 is 28.0 Å². The van der Waals surface area contributed by atoms with E-state index in [-0.39, 0.29) is 12.3 Å². The van der Waals surface area contributed by atoms with Gasteiger partial charge in [0.25, 0.3) is 10.1 Å². The van der Waals surface area contributed by atoms with Gasteiger partial charge in [0.15, 0.2) is 0 Å². The number of amides is 1. The van der Waals surface area contributed by atoms with Crippen molar-refractivity contribution in [3.8, 4) is 0 Å². The number of allylic oxidation sites excluding steroid dienone is 13. The quantitative estimate of drug-likeness (QED) is 0.0773. The molecule has 0 aromatic heterocycles. The lowest BCUT2D eigenvalue weighted by Crippen LogP contribution is -2.46. The maximum atomic E-state index is 12.3. The number of unbranched alkanes of at least 4 members (excludes halogenated alkanes) is 2. The van der Waals surface area contributed by atoms with Crippen LogP contribution in [-0.2, 0) is 14.9 Å². The van der Waals surface area contributed by atoms with Gasteiger partial charge < -0.3 is 10.4 Å². The smallest absolute Gasteiger partial charge is 0.267 e. The molecule has 0 heterocycles. The molecule has 3 N–H and O–H groups in total. The molecule has 0 aliphatic rings. The minimum absolute atomic E-state index is 0.158. The van der Waals surface area contributed by atoms with Gasteiger partial charge in [0.05, 0.1) is 17.9 Å². The van der Waals surface area contributed by atoms with Gasteiger partial charge in [0, 0.05) is 6.42 Å². The predicted molar refractivity (Wildman–Crippen MR) is 160 cm³/mol. The van der Waals surface area contributed by atoms with E-state index in [9.17, 15) is 22.9 Å². The van der Waals surface area contributed by atoms with Crippen LogP contribution in [0.1, 0.15) is 84.5 Å². The van der Waals surface area contributed by atoms with Gasteiger partial charge >= 0.3 is 0 Å². The molecule has 0 fully saturated rings. The first-order valence-electron chi connectivity index (χ1n) is 13.8. The molecule has 214 valence electrons. The van der Waals surface area contributed by atoms with Gasteiger partial charge in [0.1, 0.15) is 0 Å². The van der Waals surface area contributed by atoms with Crippen LogP contribution in [0.2, 0.25) is 0 Å². The summed E-state index contributed by atoms with van der Waals surface area (Å²) in [6.45, 7) is 4.22. The van der Waals surface area contributed by atoms with Crippen molar-refractivity contribution in [3.05, 3.63) is 85.1 Å². The molecule has 0 aromatic rings. The van der Waals surface area contributed by atoms with E-state index in [1.807, 2.05) is 12.2 Å². The fraction of sp³-hybridized carbons (Fsp3) is 0.516. The molecule has 0 aliphatic heterocycles. The Balaban J connectivity index is 4.40. The Kier molecular flexibility index (Phi) is 23.2. The fourth-order valence-electron chi connectivity index (χ4n) is 3.32. The standard InChI is InChI=1S/C31H49NO5S/c1-3-5-7-9-11-13-15-16-17-19-21-23-25-27-31(34)32-29(28-38(35,36)37)30(33)26-24-22-20-18-14-12-10-8-6-4-2/h5-8,11,13-14,16-18,21,23-24,26,29-30,33H,3-4,9-10,12,15,19-20,22,25,27-28H2,1-2H3,(H,32,34)(H,35,36,37)/b7-5-,8-6+,13-11-,17-16-,18-14+,23-21-,26-24+. The number of hydrogen-bond donors (Lipinski definition) is 3. The summed E-state index contributed by atoms with van der Waals surface area (Å²) in [6, 6.07) is -1.12. The summed E-state index contributed by atoms with van der Waals surface area (Å²) >= 11 is 0. The summed E-state index contributed by atoms with van der Waals surface area (Å²) in [5, 5.41) is 12.9. The summed E-state index contributed by atoms with van der Waals surface area (Å²) in [7, 11) is -4.37. The summed E-state index contributed by atoms with van der Waals surface area (Å²) in [5.41, 5.74) is 0. The first-order valence-corrected chi connectivity index (χ1v) is 15.4. The van der Waals surface area contributed by atoms with Gasteiger partial charge in [-0.1, -0.05) is 98.9 Å². The Bertz CT molecular complexity index is 911. The van der Waals surface area contributed by atoms with Gasteiger partial charge in [-0.15, -0.1) is 0 Å². The average molecular weight is 548 g/mol. The lowest BCUT2D eigenvalue weighted by molar-refractivity contribution is -0.122. The normalized spacial score (nSPS) is 14.9.